The molecule has 0 radical (unpaired) electrons. The van der Waals surface area contributed by atoms with Gasteiger partial charge in [-0.05, 0) is 73.5 Å². The third kappa shape index (κ3) is 4.92. The number of nitrogens with one attached hydrogen (secondary N) is 1. The average molecular weight is 365 g/mol. The van der Waals surface area contributed by atoms with E-state index >= 15 is 0 Å². The van der Waals surface area contributed by atoms with Crippen molar-refractivity contribution in [1.29, 1.82) is 0 Å². The average Bonchev–Trinajstić information content (AvgIpc) is 3.11. The summed E-state index contributed by atoms with van der Waals surface area (Å²) in [5.41, 5.74) is 4.51. The van der Waals surface area contributed by atoms with Crippen molar-refractivity contribution in [2.45, 2.75) is 46.1 Å². The third-order valence-corrected chi connectivity index (χ3v) is 5.04. The maximum Gasteiger partial charge on any atom is 0.119 e. The minimum absolute atomic E-state index is 0.750. The number of aryl methyl sites for hydroxylation is 2. The Morgan fingerprint density at radius 2 is 1.81 bits per heavy atom. The molecule has 1 aliphatic rings. The van der Waals surface area contributed by atoms with E-state index in [1.54, 1.807) is 5.56 Å². The highest BCUT2D eigenvalue weighted by molar-refractivity contribution is 5.84. The van der Waals surface area contributed by atoms with Gasteiger partial charge in [0.2, 0.25) is 0 Å². The molecule has 2 aromatic carbocycles. The molecule has 0 atom stereocenters. The molecule has 27 heavy (non-hydrogen) atoms. The third-order valence-electron chi connectivity index (χ3n) is 5.04. The Morgan fingerprint density at radius 3 is 2.67 bits per heavy atom. The first kappa shape index (κ1) is 19.5. The highest BCUT2D eigenvalue weighted by Crippen LogP contribution is 2.26. The van der Waals surface area contributed by atoms with Gasteiger partial charge in [-0.3, -0.25) is 0 Å². The molecule has 1 aromatic heterocycles. The van der Waals surface area contributed by atoms with Gasteiger partial charge in [0.1, 0.15) is 5.75 Å². The van der Waals surface area contributed by atoms with Crippen LogP contribution >= 0.6 is 0 Å². The molecule has 0 aliphatic carbocycles. The summed E-state index contributed by atoms with van der Waals surface area (Å²) in [5.74, 6) is 0.955. The molecule has 3 aromatic rings. The van der Waals surface area contributed by atoms with Crippen molar-refractivity contribution in [2.75, 3.05) is 19.7 Å². The molecule has 0 saturated heterocycles. The fourth-order valence-corrected chi connectivity index (χ4v) is 3.80. The van der Waals surface area contributed by atoms with Crippen molar-refractivity contribution in [2.24, 2.45) is 0 Å². The van der Waals surface area contributed by atoms with Crippen LogP contribution in [0.25, 0.3) is 10.9 Å². The number of benzene rings is 2. The Hall–Kier alpha value is -2.26. The van der Waals surface area contributed by atoms with Crippen LogP contribution in [0.4, 0.5) is 0 Å². The number of para-hydroxylation sites is 1. The number of ether oxygens (including phenoxy) is 1. The predicted molar refractivity (Wildman–Crippen MR) is 115 cm³/mol. The van der Waals surface area contributed by atoms with E-state index in [1.807, 2.05) is 44.2 Å². The van der Waals surface area contributed by atoms with Crippen LogP contribution in [0.1, 0.15) is 37.8 Å². The molecule has 3 nitrogen and oxygen atoms in total. The zero-order chi connectivity index (χ0) is 18.9. The highest BCUT2D eigenvalue weighted by atomic mass is 16.5. The van der Waals surface area contributed by atoms with E-state index in [4.69, 9.17) is 4.74 Å². The fraction of sp³-hybridized carbons (Fsp3) is 0.417. The van der Waals surface area contributed by atoms with Gasteiger partial charge in [-0.1, -0.05) is 44.2 Å². The van der Waals surface area contributed by atoms with E-state index in [0.717, 1.165) is 44.8 Å². The van der Waals surface area contributed by atoms with E-state index in [9.17, 15) is 0 Å². The molecule has 0 spiro atoms. The minimum Gasteiger partial charge on any atom is -0.494 e. The maximum atomic E-state index is 5.84. The quantitative estimate of drug-likeness (QED) is 0.629. The van der Waals surface area contributed by atoms with Crippen LogP contribution in [0.3, 0.4) is 0 Å². The second-order valence-corrected chi connectivity index (χ2v) is 6.77. The SMILES string of the molecule is CC.c1ccc(OCCCn2ccc3ccc4c(c32)CCNCCC4)cc1. The largest absolute Gasteiger partial charge is 0.494 e. The second kappa shape index (κ2) is 10.2. The van der Waals surface area contributed by atoms with Gasteiger partial charge in [-0.25, -0.2) is 0 Å². The van der Waals surface area contributed by atoms with E-state index < -0.39 is 0 Å². The number of hydrogen-bond donors (Lipinski definition) is 1. The van der Waals surface area contributed by atoms with E-state index in [0.29, 0.717) is 0 Å². The lowest BCUT2D eigenvalue weighted by Gasteiger charge is -2.18. The van der Waals surface area contributed by atoms with Gasteiger partial charge in [0.05, 0.1) is 12.1 Å². The molecular formula is C24H32N2O. The Balaban J connectivity index is 0.00000102. The fourth-order valence-electron chi connectivity index (χ4n) is 3.80. The van der Waals surface area contributed by atoms with E-state index in [1.165, 1.54) is 29.3 Å². The summed E-state index contributed by atoms with van der Waals surface area (Å²) >= 11 is 0. The molecule has 1 aliphatic heterocycles. The smallest absolute Gasteiger partial charge is 0.119 e. The Labute approximate surface area is 163 Å². The Kier molecular flexibility index (Phi) is 7.35. The molecule has 3 heteroatoms. The molecule has 4 rings (SSSR count). The van der Waals surface area contributed by atoms with Gasteiger partial charge < -0.3 is 14.6 Å². The van der Waals surface area contributed by atoms with Gasteiger partial charge in [-0.2, -0.15) is 0 Å². The van der Waals surface area contributed by atoms with Crippen LogP contribution in [0.15, 0.2) is 54.7 Å². The number of rotatable bonds is 5. The van der Waals surface area contributed by atoms with Crippen LogP contribution in [0, 0.1) is 0 Å². The molecule has 0 unspecified atom stereocenters. The van der Waals surface area contributed by atoms with Gasteiger partial charge in [0, 0.05) is 12.7 Å². The lowest BCUT2D eigenvalue weighted by atomic mass is 9.96. The van der Waals surface area contributed by atoms with Crippen molar-refractivity contribution in [3.63, 3.8) is 0 Å². The summed E-state index contributed by atoms with van der Waals surface area (Å²) in [7, 11) is 0. The summed E-state index contributed by atoms with van der Waals surface area (Å²) < 4.78 is 8.26. The molecule has 1 N–H and O–H groups in total. The number of nitrogens with zero attached hydrogens (tertiary/aromatic N) is 1. The molecule has 2 heterocycles. The molecular weight excluding hydrogens is 332 g/mol. The molecule has 0 bridgehead atoms. The van der Waals surface area contributed by atoms with E-state index in [2.05, 4.69) is 34.3 Å². The normalized spacial score (nSPS) is 13.9. The lowest BCUT2D eigenvalue weighted by Crippen LogP contribution is -2.22. The van der Waals surface area contributed by atoms with Crippen LogP contribution in [0.2, 0.25) is 0 Å². The van der Waals surface area contributed by atoms with Crippen LogP contribution < -0.4 is 10.1 Å². The van der Waals surface area contributed by atoms with Crippen molar-refractivity contribution in [3.8, 4) is 5.75 Å². The van der Waals surface area contributed by atoms with Crippen molar-refractivity contribution in [1.82, 2.24) is 9.88 Å². The molecule has 0 saturated carbocycles. The first-order valence-electron chi connectivity index (χ1n) is 10.4. The monoisotopic (exact) mass is 364 g/mol. The lowest BCUT2D eigenvalue weighted by molar-refractivity contribution is 0.302. The predicted octanol–water partition coefficient (Wildman–Crippen LogP) is 5.21. The first-order valence-corrected chi connectivity index (χ1v) is 10.4. The summed E-state index contributed by atoms with van der Waals surface area (Å²) in [4.78, 5) is 0. The van der Waals surface area contributed by atoms with Gasteiger partial charge in [-0.15, -0.1) is 0 Å². The van der Waals surface area contributed by atoms with Crippen molar-refractivity contribution < 1.29 is 4.74 Å². The summed E-state index contributed by atoms with van der Waals surface area (Å²) in [5, 5.41) is 4.91. The number of hydrogen-bond acceptors (Lipinski definition) is 2. The van der Waals surface area contributed by atoms with Crippen molar-refractivity contribution >= 4 is 10.9 Å². The molecule has 144 valence electrons. The van der Waals surface area contributed by atoms with Gasteiger partial charge in [0.25, 0.3) is 0 Å². The molecule has 0 amide bonds. The summed E-state index contributed by atoms with van der Waals surface area (Å²) in [6.07, 6.45) is 6.78. The standard InChI is InChI=1S/C22H26N2O.C2H6/c1-2-7-20(8-3-1)25-17-5-15-24-16-12-19-10-9-18-6-4-13-23-14-11-21(18)22(19)24;1-2/h1-3,7-10,12,16,23H,4-6,11,13-15,17H2;1-2H3. The maximum absolute atomic E-state index is 5.84. The summed E-state index contributed by atoms with van der Waals surface area (Å²) in [6.45, 7) is 7.96. The van der Waals surface area contributed by atoms with E-state index in [-0.39, 0.29) is 0 Å². The van der Waals surface area contributed by atoms with Gasteiger partial charge in [0.15, 0.2) is 0 Å². The van der Waals surface area contributed by atoms with Crippen LogP contribution in [-0.4, -0.2) is 24.3 Å². The zero-order valence-corrected chi connectivity index (χ0v) is 16.7. The first-order chi connectivity index (χ1) is 13.4. The van der Waals surface area contributed by atoms with Crippen molar-refractivity contribution in [3.05, 3.63) is 65.9 Å². The van der Waals surface area contributed by atoms with Crippen LogP contribution in [-0.2, 0) is 19.4 Å². The Bertz CT molecular complexity index is 823. The topological polar surface area (TPSA) is 26.2 Å². The zero-order valence-electron chi connectivity index (χ0n) is 16.7. The Morgan fingerprint density at radius 1 is 0.963 bits per heavy atom. The molecule has 0 fully saturated rings. The number of fused-ring (bicyclic) bond motifs is 3. The minimum atomic E-state index is 0.750. The van der Waals surface area contributed by atoms with Crippen LogP contribution in [0.5, 0.6) is 5.75 Å². The highest BCUT2D eigenvalue weighted by Gasteiger charge is 2.13. The van der Waals surface area contributed by atoms with Gasteiger partial charge >= 0.3 is 0 Å². The number of aromatic nitrogens is 1. The summed E-state index contributed by atoms with van der Waals surface area (Å²) in [6, 6.07) is 17.0. The second-order valence-electron chi connectivity index (χ2n) is 6.77.